The fourth-order valence-corrected chi connectivity index (χ4v) is 3.58. The van der Waals surface area contributed by atoms with E-state index in [0.29, 0.717) is 16.9 Å². The molecule has 3 aromatic carbocycles. The van der Waals surface area contributed by atoms with Gasteiger partial charge >= 0.3 is 0 Å². The van der Waals surface area contributed by atoms with Gasteiger partial charge in [0.05, 0.1) is 15.6 Å². The predicted molar refractivity (Wildman–Crippen MR) is 123 cm³/mol. The van der Waals surface area contributed by atoms with Gasteiger partial charge in [-0.2, -0.15) is 0 Å². The van der Waals surface area contributed by atoms with Crippen molar-refractivity contribution in [1.82, 2.24) is 0 Å². The van der Waals surface area contributed by atoms with E-state index in [9.17, 15) is 22.4 Å². The molecule has 0 fully saturated rings. The number of carbonyl (C=O) groups is 2. The Balaban J connectivity index is 1.66. The lowest BCUT2D eigenvalue weighted by molar-refractivity contribution is -0.111. The fraction of sp³-hybridized carbons (Fsp3) is 0.0435. The van der Waals surface area contributed by atoms with E-state index in [2.05, 4.69) is 10.6 Å². The van der Waals surface area contributed by atoms with Crippen LogP contribution < -0.4 is 10.6 Å². The van der Waals surface area contributed by atoms with E-state index in [1.54, 1.807) is 18.2 Å². The maximum atomic E-state index is 12.9. The lowest BCUT2D eigenvalue weighted by Crippen LogP contribution is -2.13. The van der Waals surface area contributed by atoms with Crippen molar-refractivity contribution in [2.75, 3.05) is 16.9 Å². The van der Waals surface area contributed by atoms with Crippen molar-refractivity contribution in [3.05, 3.63) is 94.8 Å². The average Bonchev–Trinajstić information content (AvgIpc) is 2.74. The van der Waals surface area contributed by atoms with Gasteiger partial charge in [-0.1, -0.05) is 29.8 Å². The molecule has 0 spiro atoms. The summed E-state index contributed by atoms with van der Waals surface area (Å²) in [4.78, 5) is 24.6. The Hall–Kier alpha value is -3.49. The first-order chi connectivity index (χ1) is 15.1. The van der Waals surface area contributed by atoms with Crippen LogP contribution in [0.15, 0.2) is 77.7 Å². The fourth-order valence-electron chi connectivity index (χ4n) is 2.69. The standard InChI is InChI=1S/C23H18ClFN2O4S/c1-32(30,31)19-4-2-3-16(13-19)23(29)27-21-11-10-18(14-20(21)24)26-22(28)12-7-15-5-8-17(25)9-6-15/h2-14H,1H3,(H,26,28)(H,27,29)/b12-7+. The highest BCUT2D eigenvalue weighted by Crippen LogP contribution is 2.26. The zero-order valence-electron chi connectivity index (χ0n) is 16.8. The molecule has 0 saturated carbocycles. The number of nitrogens with one attached hydrogen (secondary N) is 2. The molecule has 2 N–H and O–H groups in total. The summed E-state index contributed by atoms with van der Waals surface area (Å²) in [5, 5.41) is 5.43. The molecule has 164 valence electrons. The zero-order chi connectivity index (χ0) is 23.3. The van der Waals surface area contributed by atoms with Crippen LogP contribution >= 0.6 is 11.6 Å². The van der Waals surface area contributed by atoms with E-state index in [-0.39, 0.29) is 21.3 Å². The second-order valence-electron chi connectivity index (χ2n) is 6.82. The number of carbonyl (C=O) groups excluding carboxylic acids is 2. The van der Waals surface area contributed by atoms with Crippen LogP contribution in [0.3, 0.4) is 0 Å². The molecule has 0 aliphatic rings. The van der Waals surface area contributed by atoms with Gasteiger partial charge in [0.1, 0.15) is 5.82 Å². The Morgan fingerprint density at radius 1 is 0.969 bits per heavy atom. The smallest absolute Gasteiger partial charge is 0.255 e. The molecular formula is C23H18ClFN2O4S. The number of benzene rings is 3. The van der Waals surface area contributed by atoms with Crippen LogP contribution in [0, 0.1) is 5.82 Å². The molecule has 3 aromatic rings. The lowest BCUT2D eigenvalue weighted by Gasteiger charge is -2.10. The topological polar surface area (TPSA) is 92.3 Å². The Morgan fingerprint density at radius 2 is 1.69 bits per heavy atom. The van der Waals surface area contributed by atoms with E-state index in [1.807, 2.05) is 0 Å². The van der Waals surface area contributed by atoms with Gasteiger partial charge < -0.3 is 10.6 Å². The maximum Gasteiger partial charge on any atom is 0.255 e. The molecule has 0 bridgehead atoms. The van der Waals surface area contributed by atoms with Crippen molar-refractivity contribution >= 4 is 50.7 Å². The molecule has 0 radical (unpaired) electrons. The van der Waals surface area contributed by atoms with Gasteiger partial charge in [0.2, 0.25) is 5.91 Å². The summed E-state index contributed by atoms with van der Waals surface area (Å²) in [6.07, 6.45) is 3.89. The van der Waals surface area contributed by atoms with E-state index < -0.39 is 21.7 Å². The minimum Gasteiger partial charge on any atom is -0.322 e. The van der Waals surface area contributed by atoms with E-state index in [4.69, 9.17) is 11.6 Å². The summed E-state index contributed by atoms with van der Waals surface area (Å²) in [6.45, 7) is 0. The molecule has 0 aliphatic heterocycles. The Morgan fingerprint density at radius 3 is 2.34 bits per heavy atom. The largest absolute Gasteiger partial charge is 0.322 e. The molecule has 6 nitrogen and oxygen atoms in total. The summed E-state index contributed by atoms with van der Waals surface area (Å²) in [7, 11) is -3.45. The summed E-state index contributed by atoms with van der Waals surface area (Å²) in [5.41, 5.74) is 1.52. The number of hydrogen-bond donors (Lipinski definition) is 2. The SMILES string of the molecule is CS(=O)(=O)c1cccc(C(=O)Nc2ccc(NC(=O)/C=C/c3ccc(F)cc3)cc2Cl)c1. The molecule has 0 saturated heterocycles. The Bertz CT molecular complexity index is 1310. The predicted octanol–water partition coefficient (Wildman–Crippen LogP) is 4.79. The van der Waals surface area contributed by atoms with Crippen LogP contribution in [0.2, 0.25) is 5.02 Å². The quantitative estimate of drug-likeness (QED) is 0.505. The number of halogens is 2. The van der Waals surface area contributed by atoms with Crippen molar-refractivity contribution in [1.29, 1.82) is 0 Å². The summed E-state index contributed by atoms with van der Waals surface area (Å²) < 4.78 is 36.3. The highest BCUT2D eigenvalue weighted by atomic mass is 35.5. The third-order valence-electron chi connectivity index (χ3n) is 4.31. The van der Waals surface area contributed by atoms with E-state index in [0.717, 1.165) is 6.26 Å². The second-order valence-corrected chi connectivity index (χ2v) is 9.25. The van der Waals surface area contributed by atoms with Gasteiger partial charge in [0, 0.05) is 23.6 Å². The van der Waals surface area contributed by atoms with Crippen LogP contribution in [0.5, 0.6) is 0 Å². The summed E-state index contributed by atoms with van der Waals surface area (Å²) >= 11 is 6.22. The summed E-state index contributed by atoms with van der Waals surface area (Å²) in [5.74, 6) is -1.31. The number of rotatable bonds is 6. The van der Waals surface area contributed by atoms with Crippen LogP contribution in [0.4, 0.5) is 15.8 Å². The van der Waals surface area contributed by atoms with Crippen LogP contribution in [-0.4, -0.2) is 26.5 Å². The van der Waals surface area contributed by atoms with Crippen LogP contribution in [0.25, 0.3) is 6.08 Å². The number of sulfone groups is 1. The first kappa shape index (κ1) is 23.2. The Kier molecular flexibility index (Phi) is 7.07. The maximum absolute atomic E-state index is 12.9. The molecule has 32 heavy (non-hydrogen) atoms. The molecule has 3 rings (SSSR count). The lowest BCUT2D eigenvalue weighted by atomic mass is 10.2. The molecule has 0 atom stereocenters. The van der Waals surface area contributed by atoms with E-state index >= 15 is 0 Å². The molecule has 2 amide bonds. The van der Waals surface area contributed by atoms with Crippen molar-refractivity contribution in [3.8, 4) is 0 Å². The molecule has 0 unspecified atom stereocenters. The molecule has 0 aliphatic carbocycles. The van der Waals surface area contributed by atoms with Gasteiger partial charge in [-0.25, -0.2) is 12.8 Å². The van der Waals surface area contributed by atoms with Gasteiger partial charge in [-0.15, -0.1) is 0 Å². The Labute approximate surface area is 189 Å². The molecule has 0 heterocycles. The average molecular weight is 473 g/mol. The molecule has 0 aromatic heterocycles. The number of anilines is 2. The van der Waals surface area contributed by atoms with E-state index in [1.165, 1.54) is 60.7 Å². The molecule has 9 heteroatoms. The van der Waals surface area contributed by atoms with Gasteiger partial charge in [-0.05, 0) is 60.2 Å². The van der Waals surface area contributed by atoms with Crippen LogP contribution in [-0.2, 0) is 14.6 Å². The normalized spacial score (nSPS) is 11.3. The van der Waals surface area contributed by atoms with Gasteiger partial charge in [0.25, 0.3) is 5.91 Å². The number of hydrogen-bond acceptors (Lipinski definition) is 4. The highest BCUT2D eigenvalue weighted by Gasteiger charge is 2.13. The highest BCUT2D eigenvalue weighted by molar-refractivity contribution is 7.90. The minimum atomic E-state index is -3.45. The monoisotopic (exact) mass is 472 g/mol. The van der Waals surface area contributed by atoms with Gasteiger partial charge in [-0.3, -0.25) is 9.59 Å². The third kappa shape index (κ3) is 6.26. The van der Waals surface area contributed by atoms with Crippen molar-refractivity contribution in [2.24, 2.45) is 0 Å². The minimum absolute atomic E-state index is 0.0306. The first-order valence-electron chi connectivity index (χ1n) is 9.27. The first-order valence-corrected chi connectivity index (χ1v) is 11.5. The second kappa shape index (κ2) is 9.76. The van der Waals surface area contributed by atoms with Crippen molar-refractivity contribution < 1.29 is 22.4 Å². The van der Waals surface area contributed by atoms with Crippen molar-refractivity contribution in [2.45, 2.75) is 4.90 Å². The summed E-state index contributed by atoms with van der Waals surface area (Å²) in [6, 6.07) is 15.8. The van der Waals surface area contributed by atoms with Crippen LogP contribution in [0.1, 0.15) is 15.9 Å². The third-order valence-corrected chi connectivity index (χ3v) is 5.73. The number of amides is 2. The van der Waals surface area contributed by atoms with Crippen molar-refractivity contribution in [3.63, 3.8) is 0 Å². The van der Waals surface area contributed by atoms with Gasteiger partial charge in [0.15, 0.2) is 9.84 Å². The zero-order valence-corrected chi connectivity index (χ0v) is 18.4. The molecular weight excluding hydrogens is 455 g/mol.